The number of imide groups is 1. The molecule has 1 aliphatic heterocycles. The predicted octanol–water partition coefficient (Wildman–Crippen LogP) is 2.85. The van der Waals surface area contributed by atoms with Crippen LogP contribution in [0.15, 0.2) is 42.5 Å². The zero-order valence-corrected chi connectivity index (χ0v) is 15.5. The molecule has 1 N–H and O–H groups in total. The molecule has 7 nitrogen and oxygen atoms in total. The topological polar surface area (TPSA) is 77.1 Å². The lowest BCUT2D eigenvalue weighted by Crippen LogP contribution is -2.34. The third-order valence-corrected chi connectivity index (χ3v) is 4.28. The lowest BCUT2D eigenvalue weighted by atomic mass is 10.2. The number of amides is 2. The Morgan fingerprint density at radius 2 is 1.74 bits per heavy atom. The summed E-state index contributed by atoms with van der Waals surface area (Å²) in [4.78, 5) is 26.4. The number of carbonyl (C=O) groups is 2. The molecule has 0 bridgehead atoms. The molecular formula is C20H22N2O5. The van der Waals surface area contributed by atoms with Gasteiger partial charge in [0.2, 0.25) is 5.91 Å². The lowest BCUT2D eigenvalue weighted by Gasteiger charge is -2.17. The summed E-state index contributed by atoms with van der Waals surface area (Å²) >= 11 is 0. The van der Waals surface area contributed by atoms with E-state index in [1.54, 1.807) is 56.7 Å². The number of rotatable bonds is 7. The Hall–Kier alpha value is -3.22. The highest BCUT2D eigenvalue weighted by atomic mass is 16.5. The van der Waals surface area contributed by atoms with Crippen molar-refractivity contribution in [1.82, 2.24) is 0 Å². The molecule has 27 heavy (non-hydrogen) atoms. The van der Waals surface area contributed by atoms with Crippen LogP contribution in [0.5, 0.6) is 17.2 Å². The van der Waals surface area contributed by atoms with E-state index in [0.717, 1.165) is 0 Å². The molecule has 0 spiro atoms. The van der Waals surface area contributed by atoms with E-state index >= 15 is 0 Å². The zero-order valence-electron chi connectivity index (χ0n) is 15.5. The standard InChI is InChI=1S/C20H22N2O5/c1-4-27-15-8-6-14(7-9-15)22-19(23)12-16(20(22)24)21-13-5-10-17(25-2)18(11-13)26-3/h5-11,16,21H,4,12H2,1-3H3/t16-/m1/s1. The molecule has 2 aromatic carbocycles. The number of anilines is 2. The van der Waals surface area contributed by atoms with Crippen molar-refractivity contribution < 1.29 is 23.8 Å². The normalized spacial score (nSPS) is 16.4. The predicted molar refractivity (Wildman–Crippen MR) is 102 cm³/mol. The molecule has 3 rings (SSSR count). The van der Waals surface area contributed by atoms with Crippen LogP contribution >= 0.6 is 0 Å². The highest BCUT2D eigenvalue weighted by Gasteiger charge is 2.39. The number of ether oxygens (including phenoxy) is 3. The van der Waals surface area contributed by atoms with Crippen LogP contribution in [-0.4, -0.2) is 38.7 Å². The SMILES string of the molecule is CCOc1ccc(N2C(=O)C[C@@H](Nc3ccc(OC)c(OC)c3)C2=O)cc1. The van der Waals surface area contributed by atoms with Crippen molar-refractivity contribution in [3.63, 3.8) is 0 Å². The van der Waals surface area contributed by atoms with Crippen molar-refractivity contribution in [3.8, 4) is 17.2 Å². The average Bonchev–Trinajstić information content (AvgIpc) is 2.96. The Balaban J connectivity index is 1.76. The number of nitrogens with zero attached hydrogens (tertiary/aromatic N) is 1. The minimum absolute atomic E-state index is 0.0837. The van der Waals surface area contributed by atoms with Crippen LogP contribution in [0.1, 0.15) is 13.3 Å². The van der Waals surface area contributed by atoms with Gasteiger partial charge in [-0.25, -0.2) is 4.90 Å². The maximum atomic E-state index is 12.8. The molecule has 0 aliphatic carbocycles. The summed E-state index contributed by atoms with van der Waals surface area (Å²) in [7, 11) is 3.10. The fraction of sp³-hybridized carbons (Fsp3) is 0.300. The van der Waals surface area contributed by atoms with Gasteiger partial charge in [0.05, 0.1) is 32.9 Å². The van der Waals surface area contributed by atoms with E-state index in [2.05, 4.69) is 5.32 Å². The van der Waals surface area contributed by atoms with Gasteiger partial charge < -0.3 is 19.5 Å². The Morgan fingerprint density at radius 3 is 2.37 bits per heavy atom. The molecule has 142 valence electrons. The molecule has 0 radical (unpaired) electrons. The monoisotopic (exact) mass is 370 g/mol. The largest absolute Gasteiger partial charge is 0.494 e. The van der Waals surface area contributed by atoms with Crippen LogP contribution in [0, 0.1) is 0 Å². The van der Waals surface area contributed by atoms with Crippen LogP contribution < -0.4 is 24.4 Å². The summed E-state index contributed by atoms with van der Waals surface area (Å²) < 4.78 is 15.9. The van der Waals surface area contributed by atoms with Gasteiger partial charge in [0.1, 0.15) is 11.8 Å². The van der Waals surface area contributed by atoms with Crippen LogP contribution in [0.3, 0.4) is 0 Å². The fourth-order valence-corrected chi connectivity index (χ4v) is 3.00. The maximum Gasteiger partial charge on any atom is 0.256 e. The molecule has 1 heterocycles. The Morgan fingerprint density at radius 1 is 1.04 bits per heavy atom. The number of hydrogen-bond donors (Lipinski definition) is 1. The van der Waals surface area contributed by atoms with E-state index < -0.39 is 6.04 Å². The molecule has 2 amide bonds. The van der Waals surface area contributed by atoms with E-state index in [1.807, 2.05) is 6.92 Å². The Kier molecular flexibility index (Phi) is 5.49. The van der Waals surface area contributed by atoms with Gasteiger partial charge in [0.15, 0.2) is 11.5 Å². The van der Waals surface area contributed by atoms with Gasteiger partial charge in [0, 0.05) is 11.8 Å². The van der Waals surface area contributed by atoms with Crippen molar-refractivity contribution in [2.24, 2.45) is 0 Å². The highest BCUT2D eigenvalue weighted by molar-refractivity contribution is 6.23. The third kappa shape index (κ3) is 3.81. The van der Waals surface area contributed by atoms with Crippen LogP contribution in [0.2, 0.25) is 0 Å². The first-order chi connectivity index (χ1) is 13.1. The summed E-state index contributed by atoms with van der Waals surface area (Å²) in [5.41, 5.74) is 1.21. The van der Waals surface area contributed by atoms with Crippen molar-refractivity contribution in [2.75, 3.05) is 31.0 Å². The summed E-state index contributed by atoms with van der Waals surface area (Å²) in [6.45, 7) is 2.45. The van der Waals surface area contributed by atoms with Crippen LogP contribution in [0.25, 0.3) is 0 Å². The van der Waals surface area contributed by atoms with E-state index in [-0.39, 0.29) is 18.2 Å². The van der Waals surface area contributed by atoms with Gasteiger partial charge in [0.25, 0.3) is 5.91 Å². The van der Waals surface area contributed by atoms with E-state index in [9.17, 15) is 9.59 Å². The summed E-state index contributed by atoms with van der Waals surface area (Å²) in [5.74, 6) is 1.29. The van der Waals surface area contributed by atoms with Gasteiger partial charge in [-0.3, -0.25) is 9.59 Å². The first-order valence-electron chi connectivity index (χ1n) is 8.65. The second-order valence-electron chi connectivity index (χ2n) is 5.97. The Bertz CT molecular complexity index is 835. The molecule has 0 aromatic heterocycles. The number of benzene rings is 2. The van der Waals surface area contributed by atoms with Gasteiger partial charge in [-0.2, -0.15) is 0 Å². The van der Waals surface area contributed by atoms with E-state index in [1.165, 1.54) is 4.90 Å². The van der Waals surface area contributed by atoms with Crippen molar-refractivity contribution in [2.45, 2.75) is 19.4 Å². The molecule has 2 aromatic rings. The molecule has 1 atom stereocenters. The molecular weight excluding hydrogens is 348 g/mol. The number of nitrogens with one attached hydrogen (secondary N) is 1. The fourth-order valence-electron chi connectivity index (χ4n) is 3.00. The molecule has 1 aliphatic rings. The van der Waals surface area contributed by atoms with Gasteiger partial charge in [-0.15, -0.1) is 0 Å². The summed E-state index contributed by atoms with van der Waals surface area (Å²) in [6.07, 6.45) is 0.0837. The quantitative estimate of drug-likeness (QED) is 0.755. The van der Waals surface area contributed by atoms with Crippen molar-refractivity contribution in [1.29, 1.82) is 0 Å². The van der Waals surface area contributed by atoms with Crippen LogP contribution in [0.4, 0.5) is 11.4 Å². The minimum Gasteiger partial charge on any atom is -0.494 e. The zero-order chi connectivity index (χ0) is 19.4. The third-order valence-electron chi connectivity index (χ3n) is 4.28. The highest BCUT2D eigenvalue weighted by Crippen LogP contribution is 2.32. The molecule has 0 unspecified atom stereocenters. The first-order valence-corrected chi connectivity index (χ1v) is 8.65. The van der Waals surface area contributed by atoms with Crippen molar-refractivity contribution >= 4 is 23.2 Å². The van der Waals surface area contributed by atoms with Gasteiger partial charge >= 0.3 is 0 Å². The number of methoxy groups -OCH3 is 2. The van der Waals surface area contributed by atoms with Gasteiger partial charge in [-0.05, 0) is 43.3 Å². The van der Waals surface area contributed by atoms with Crippen molar-refractivity contribution in [3.05, 3.63) is 42.5 Å². The molecule has 1 saturated heterocycles. The number of hydrogen-bond acceptors (Lipinski definition) is 6. The summed E-state index contributed by atoms with van der Waals surface area (Å²) in [6, 6.07) is 11.5. The van der Waals surface area contributed by atoms with E-state index in [0.29, 0.717) is 35.2 Å². The molecule has 1 fully saturated rings. The molecule has 7 heteroatoms. The van der Waals surface area contributed by atoms with Gasteiger partial charge in [-0.1, -0.05) is 0 Å². The summed E-state index contributed by atoms with van der Waals surface area (Å²) in [5, 5.41) is 3.11. The molecule has 0 saturated carbocycles. The second-order valence-corrected chi connectivity index (χ2v) is 5.97. The van der Waals surface area contributed by atoms with E-state index in [4.69, 9.17) is 14.2 Å². The van der Waals surface area contributed by atoms with Crippen LogP contribution in [-0.2, 0) is 9.59 Å². The number of carbonyl (C=O) groups excluding carboxylic acids is 2. The smallest absolute Gasteiger partial charge is 0.256 e. The maximum absolute atomic E-state index is 12.8. The lowest BCUT2D eigenvalue weighted by molar-refractivity contribution is -0.121. The second kappa shape index (κ2) is 7.99. The Labute approximate surface area is 157 Å². The average molecular weight is 370 g/mol. The first kappa shape index (κ1) is 18.6. The minimum atomic E-state index is -0.637.